The van der Waals surface area contributed by atoms with E-state index in [1.54, 1.807) is 0 Å². The number of ether oxygens (including phenoxy) is 1. The number of quaternary nitrogens is 1. The van der Waals surface area contributed by atoms with Crippen LogP contribution >= 0.6 is 7.82 Å². The fraction of sp³-hybridized carbons (Fsp3) is 0.833. The molecule has 35 heavy (non-hydrogen) atoms. The number of carboxylic acids is 1. The van der Waals surface area contributed by atoms with Crippen molar-refractivity contribution < 1.29 is 48.8 Å². The number of unbranched alkanes of at least 4 members (excludes halogenated alkanes) is 11. The Morgan fingerprint density at radius 1 is 0.829 bits per heavy atom. The highest BCUT2D eigenvalue weighted by Crippen LogP contribution is 2.37. The molecule has 0 aromatic rings. The molecule has 206 valence electrons. The third-order valence-electron chi connectivity index (χ3n) is 5.19. The van der Waals surface area contributed by atoms with E-state index < -0.39 is 32.5 Å². The first-order chi connectivity index (χ1) is 16.8. The Hall–Kier alpha value is -1.29. The predicted octanol–water partition coefficient (Wildman–Crippen LogP) is 3.13. The number of aliphatic carboxylic acids is 1. The number of carbonyl (C=O) groups excluding carboxylic acids is 1. The highest BCUT2D eigenvalue weighted by molar-refractivity contribution is 7.45. The lowest BCUT2D eigenvalue weighted by atomic mass is 10.1. The number of hydrogen-bond acceptors (Lipinski definition) is 8. The number of rotatable bonds is 25. The molecule has 1 unspecified atom stereocenters. The summed E-state index contributed by atoms with van der Waals surface area (Å²) < 4.78 is 25.3. The van der Waals surface area contributed by atoms with Gasteiger partial charge >= 0.3 is 11.9 Å². The van der Waals surface area contributed by atoms with Crippen LogP contribution in [0.25, 0.3) is 0 Å². The summed E-state index contributed by atoms with van der Waals surface area (Å²) in [6.07, 6.45) is 17.3. The van der Waals surface area contributed by atoms with Gasteiger partial charge in [-0.2, -0.15) is 0 Å². The average Bonchev–Trinajstić information content (AvgIpc) is 2.82. The van der Waals surface area contributed by atoms with E-state index >= 15 is 0 Å². The van der Waals surface area contributed by atoms with Gasteiger partial charge in [0.05, 0.1) is 13.2 Å². The summed E-state index contributed by atoms with van der Waals surface area (Å²) in [4.78, 5) is 33.5. The van der Waals surface area contributed by atoms with Gasteiger partial charge in [-0.15, -0.1) is 0 Å². The molecule has 0 aliphatic heterocycles. The number of esters is 1. The number of carbonyl (C=O) groups is 2. The van der Waals surface area contributed by atoms with Crippen LogP contribution in [-0.2, 0) is 27.9 Å². The van der Waals surface area contributed by atoms with Crippen LogP contribution in [0.3, 0.4) is 0 Å². The van der Waals surface area contributed by atoms with Gasteiger partial charge in [0.2, 0.25) is 0 Å². The normalized spacial score (nSPS) is 14.1. The first kappa shape index (κ1) is 33.7. The van der Waals surface area contributed by atoms with E-state index in [1.165, 1.54) is 0 Å². The van der Waals surface area contributed by atoms with Gasteiger partial charge in [-0.25, -0.2) is 0 Å². The fourth-order valence-corrected chi connectivity index (χ4v) is 4.03. The predicted molar refractivity (Wildman–Crippen MR) is 130 cm³/mol. The van der Waals surface area contributed by atoms with Gasteiger partial charge < -0.3 is 34.6 Å². The van der Waals surface area contributed by atoms with Crippen LogP contribution < -0.4 is 10.6 Å². The van der Waals surface area contributed by atoms with E-state index in [4.69, 9.17) is 9.84 Å². The summed E-state index contributed by atoms with van der Waals surface area (Å²) in [6, 6.07) is 0. The highest BCUT2D eigenvalue weighted by atomic mass is 31.2. The summed E-state index contributed by atoms with van der Waals surface area (Å²) in [7, 11) is -4.47. The zero-order valence-electron chi connectivity index (χ0n) is 21.1. The van der Waals surface area contributed by atoms with Crippen LogP contribution in [-0.4, -0.2) is 54.6 Å². The third-order valence-corrected chi connectivity index (χ3v) is 6.15. The molecule has 0 aliphatic carbocycles. The summed E-state index contributed by atoms with van der Waals surface area (Å²) in [6.45, 7) is -0.677. The monoisotopic (exact) mass is 523 g/mol. The number of aliphatic hydroxyl groups is 1. The van der Waals surface area contributed by atoms with Crippen LogP contribution in [0, 0.1) is 0 Å². The maximum Gasteiger partial charge on any atom is 0.305 e. The standard InChI is InChI=1S/C24H46NO9P/c25-18-19-33-35(30,31)34-21-22(26)20-32-24(29)17-15-13-11-9-7-5-3-1-2-4-6-8-10-12-14-16-23(27)28/h1-2,22,26H,3-21,25H2,(H,27,28)(H,30,31)/b2-1-/t22-/m1/s1. The van der Waals surface area contributed by atoms with Crippen LogP contribution in [0.2, 0.25) is 0 Å². The van der Waals surface area contributed by atoms with Crippen LogP contribution in [0.15, 0.2) is 12.2 Å². The van der Waals surface area contributed by atoms with Gasteiger partial charge in [0, 0.05) is 12.8 Å². The molecule has 0 radical (unpaired) electrons. The molecule has 0 bridgehead atoms. The quantitative estimate of drug-likeness (QED) is 0.0704. The van der Waals surface area contributed by atoms with Crippen molar-refractivity contribution in [1.29, 1.82) is 0 Å². The van der Waals surface area contributed by atoms with Crippen molar-refractivity contribution in [3.63, 3.8) is 0 Å². The first-order valence-electron chi connectivity index (χ1n) is 12.9. The highest BCUT2D eigenvalue weighted by Gasteiger charge is 2.15. The molecule has 0 rings (SSSR count). The molecular weight excluding hydrogens is 477 g/mol. The largest absolute Gasteiger partial charge is 0.756 e. The van der Waals surface area contributed by atoms with Gasteiger partial charge in [0.1, 0.15) is 19.3 Å². The first-order valence-corrected chi connectivity index (χ1v) is 14.3. The lowest BCUT2D eigenvalue weighted by Gasteiger charge is -2.23. The molecule has 0 amide bonds. The second kappa shape index (κ2) is 23.1. The second-order valence-corrected chi connectivity index (χ2v) is 10.0. The molecule has 0 aromatic heterocycles. The van der Waals surface area contributed by atoms with Gasteiger partial charge in [0.25, 0.3) is 7.82 Å². The van der Waals surface area contributed by atoms with Crippen LogP contribution in [0.4, 0.5) is 0 Å². The topological polar surface area (TPSA) is 170 Å². The van der Waals surface area contributed by atoms with Gasteiger partial charge in [-0.05, 0) is 38.5 Å². The summed E-state index contributed by atoms with van der Waals surface area (Å²) >= 11 is 0. The van der Waals surface area contributed by atoms with E-state index in [9.17, 15) is 24.2 Å². The maximum atomic E-state index is 11.7. The molecule has 0 spiro atoms. The zero-order chi connectivity index (χ0) is 26.2. The smallest absolute Gasteiger partial charge is 0.305 e. The van der Waals surface area contributed by atoms with Crippen molar-refractivity contribution in [3.05, 3.63) is 12.2 Å². The SMILES string of the molecule is [NH3+]CCOP(=O)([O-])OC[C@H](O)COC(=O)CCCCCCCC/C=C\CCCCCCCC(=O)O. The Bertz CT molecular complexity index is 616. The Balaban J connectivity index is 3.45. The average molecular weight is 524 g/mol. The minimum atomic E-state index is -4.47. The molecule has 0 aromatic carbocycles. The lowest BCUT2D eigenvalue weighted by Crippen LogP contribution is -2.52. The van der Waals surface area contributed by atoms with Crippen molar-refractivity contribution in [1.82, 2.24) is 0 Å². The van der Waals surface area contributed by atoms with E-state index in [-0.39, 0.29) is 32.6 Å². The number of hydrogen-bond donors (Lipinski definition) is 3. The molecule has 5 N–H and O–H groups in total. The minimum absolute atomic E-state index is 0.0934. The molecule has 10 nitrogen and oxygen atoms in total. The van der Waals surface area contributed by atoms with Gasteiger partial charge in [-0.1, -0.05) is 57.1 Å². The molecule has 2 atom stereocenters. The number of carboxylic acid groups (broad SMARTS) is 1. The Morgan fingerprint density at radius 2 is 1.34 bits per heavy atom. The Morgan fingerprint density at radius 3 is 1.89 bits per heavy atom. The van der Waals surface area contributed by atoms with E-state index in [1.807, 2.05) is 0 Å². The van der Waals surface area contributed by atoms with Crippen molar-refractivity contribution in [2.24, 2.45) is 0 Å². The summed E-state index contributed by atoms with van der Waals surface area (Å²) in [5, 5.41) is 18.2. The molecule has 0 heterocycles. The number of phosphoric ester groups is 1. The van der Waals surface area contributed by atoms with E-state index in [0.29, 0.717) is 0 Å². The minimum Gasteiger partial charge on any atom is -0.756 e. The van der Waals surface area contributed by atoms with Crippen molar-refractivity contribution in [3.8, 4) is 0 Å². The summed E-state index contributed by atoms with van der Waals surface area (Å²) in [5.41, 5.74) is 3.45. The van der Waals surface area contributed by atoms with Gasteiger partial charge in [0.15, 0.2) is 0 Å². The molecule has 0 saturated heterocycles. The maximum absolute atomic E-state index is 11.7. The van der Waals surface area contributed by atoms with Crippen molar-refractivity contribution >= 4 is 19.8 Å². The van der Waals surface area contributed by atoms with Crippen LogP contribution in [0.5, 0.6) is 0 Å². The molecule has 0 saturated carbocycles. The second-order valence-electron chi connectivity index (χ2n) is 8.60. The van der Waals surface area contributed by atoms with E-state index in [0.717, 1.165) is 83.5 Å². The van der Waals surface area contributed by atoms with Gasteiger partial charge in [-0.3, -0.25) is 14.2 Å². The third kappa shape index (κ3) is 25.6. The van der Waals surface area contributed by atoms with Crippen molar-refractivity contribution in [2.75, 3.05) is 26.4 Å². The van der Waals surface area contributed by atoms with Crippen molar-refractivity contribution in [2.45, 2.75) is 102 Å². The number of phosphoric acid groups is 1. The molecular formula is C24H46NO9P. The number of allylic oxidation sites excluding steroid dienone is 2. The van der Waals surface area contributed by atoms with Crippen LogP contribution in [0.1, 0.15) is 96.3 Å². The molecule has 11 heteroatoms. The Kier molecular flexibility index (Phi) is 22.3. The molecule has 0 fully saturated rings. The fourth-order valence-electron chi connectivity index (χ4n) is 3.24. The lowest BCUT2D eigenvalue weighted by molar-refractivity contribution is -0.373. The molecule has 0 aliphatic rings. The van der Waals surface area contributed by atoms with E-state index in [2.05, 4.69) is 26.9 Å². The Labute approximate surface area is 209 Å². The summed E-state index contributed by atoms with van der Waals surface area (Å²) in [5.74, 6) is -1.13. The zero-order valence-corrected chi connectivity index (χ0v) is 22.0. The number of aliphatic hydroxyl groups excluding tert-OH is 1.